The van der Waals surface area contributed by atoms with Gasteiger partial charge in [0, 0.05) is 45.1 Å². The molecule has 0 radical (unpaired) electrons. The van der Waals surface area contributed by atoms with Gasteiger partial charge < -0.3 is 24.5 Å². The molecule has 0 atom stereocenters. The maximum absolute atomic E-state index is 12.4. The van der Waals surface area contributed by atoms with E-state index in [0.29, 0.717) is 36.0 Å². The molecule has 3 aromatic rings. The minimum atomic E-state index is -0.143. The van der Waals surface area contributed by atoms with Crippen LogP contribution in [0.4, 0.5) is 0 Å². The van der Waals surface area contributed by atoms with E-state index in [0.717, 1.165) is 17.2 Å². The lowest BCUT2D eigenvalue weighted by Gasteiger charge is -2.22. The number of nitrogens with zero attached hydrogens (tertiary/aromatic N) is 3. The first kappa shape index (κ1) is 24.8. The summed E-state index contributed by atoms with van der Waals surface area (Å²) in [5, 5.41) is 6.91. The summed E-state index contributed by atoms with van der Waals surface area (Å²) in [4.78, 5) is 18.8. The topological polar surface area (TPSA) is 74.8 Å². The number of carbonyl (C=O) groups excluding carboxylic acids is 1. The lowest BCUT2D eigenvalue weighted by Crippen LogP contribution is -2.38. The average Bonchev–Trinajstić information content (AvgIpc) is 3.36. The van der Waals surface area contributed by atoms with Crippen molar-refractivity contribution in [1.29, 1.82) is 0 Å². The molecule has 2 heterocycles. The zero-order valence-electron chi connectivity index (χ0n) is 17.8. The van der Waals surface area contributed by atoms with Gasteiger partial charge in [-0.05, 0) is 35.9 Å². The van der Waals surface area contributed by atoms with Crippen LogP contribution in [0.15, 0.2) is 64.3 Å². The van der Waals surface area contributed by atoms with Gasteiger partial charge in [0.25, 0.3) is 5.91 Å². The highest BCUT2D eigenvalue weighted by atomic mass is 127. The van der Waals surface area contributed by atoms with E-state index in [1.807, 2.05) is 60.1 Å². The molecule has 0 aliphatic heterocycles. The summed E-state index contributed by atoms with van der Waals surface area (Å²) < 4.78 is 7.24. The number of hydrogen-bond acceptors (Lipinski definition) is 3. The van der Waals surface area contributed by atoms with Gasteiger partial charge in [0.1, 0.15) is 5.76 Å². The Labute approximate surface area is 204 Å². The molecular formula is C22H27ClIN5O2. The Hall–Kier alpha value is -2.46. The summed E-state index contributed by atoms with van der Waals surface area (Å²) in [7, 11) is 5.68. The van der Waals surface area contributed by atoms with Crippen LogP contribution in [-0.2, 0) is 26.7 Å². The molecule has 0 fully saturated rings. The molecular weight excluding hydrogens is 529 g/mol. The molecule has 7 nitrogen and oxygen atoms in total. The standard InChI is InChI=1S/C22H26ClN5O2.HI/c1-24-22(28(3)15-19-11-18(23)14-27(19)2)26-12-16-6-4-7-17(10-16)21(29)25-13-20-8-5-9-30-20;/h4-11,14H,12-13,15H2,1-3H3,(H,24,26)(H,25,29);1H. The lowest BCUT2D eigenvalue weighted by molar-refractivity contribution is 0.0948. The molecule has 1 amide bonds. The number of carbonyl (C=O) groups is 1. The Morgan fingerprint density at radius 1 is 1.19 bits per heavy atom. The molecule has 166 valence electrons. The van der Waals surface area contributed by atoms with Crippen LogP contribution >= 0.6 is 35.6 Å². The number of amides is 1. The van der Waals surface area contributed by atoms with E-state index < -0.39 is 0 Å². The van der Waals surface area contributed by atoms with E-state index >= 15 is 0 Å². The van der Waals surface area contributed by atoms with Gasteiger partial charge in [0.2, 0.25) is 0 Å². The third-order valence-corrected chi connectivity index (χ3v) is 4.90. The molecule has 31 heavy (non-hydrogen) atoms. The van der Waals surface area contributed by atoms with Gasteiger partial charge in [-0.25, -0.2) is 0 Å². The van der Waals surface area contributed by atoms with Crippen molar-refractivity contribution in [2.75, 3.05) is 14.1 Å². The third-order valence-electron chi connectivity index (χ3n) is 4.69. The molecule has 2 aromatic heterocycles. The summed E-state index contributed by atoms with van der Waals surface area (Å²) in [5.74, 6) is 1.32. The lowest BCUT2D eigenvalue weighted by atomic mass is 10.1. The van der Waals surface area contributed by atoms with Gasteiger partial charge in [-0.15, -0.1) is 24.0 Å². The molecule has 3 rings (SSSR count). The van der Waals surface area contributed by atoms with Crippen molar-refractivity contribution in [1.82, 2.24) is 20.1 Å². The first-order chi connectivity index (χ1) is 14.5. The van der Waals surface area contributed by atoms with Gasteiger partial charge in [-0.1, -0.05) is 23.7 Å². The molecule has 0 unspecified atom stereocenters. The Balaban J connectivity index is 0.00000341. The second kappa shape index (κ2) is 11.8. The zero-order chi connectivity index (χ0) is 21.5. The number of guanidine groups is 1. The minimum Gasteiger partial charge on any atom is -0.467 e. The number of hydrogen-bond donors (Lipinski definition) is 2. The van der Waals surface area contributed by atoms with Gasteiger partial charge >= 0.3 is 0 Å². The number of benzene rings is 1. The van der Waals surface area contributed by atoms with Gasteiger partial charge in [-0.2, -0.15) is 0 Å². The highest BCUT2D eigenvalue weighted by Gasteiger charge is 2.11. The molecule has 9 heteroatoms. The Morgan fingerprint density at radius 2 is 2.00 bits per heavy atom. The fourth-order valence-electron chi connectivity index (χ4n) is 3.11. The van der Waals surface area contributed by atoms with E-state index in [9.17, 15) is 4.79 Å². The number of nitrogens with one attached hydrogen (secondary N) is 2. The van der Waals surface area contributed by atoms with Crippen LogP contribution in [0, 0.1) is 0 Å². The second-order valence-corrected chi connectivity index (χ2v) is 7.42. The van der Waals surface area contributed by atoms with Crippen molar-refractivity contribution in [2.45, 2.75) is 19.6 Å². The predicted octanol–water partition coefficient (Wildman–Crippen LogP) is 4.03. The van der Waals surface area contributed by atoms with Gasteiger partial charge in [-0.3, -0.25) is 9.79 Å². The number of aliphatic imine (C=N–C) groups is 1. The smallest absolute Gasteiger partial charge is 0.251 e. The van der Waals surface area contributed by atoms with Crippen molar-refractivity contribution < 1.29 is 9.21 Å². The third kappa shape index (κ3) is 7.03. The molecule has 0 spiro atoms. The molecule has 0 aliphatic carbocycles. The molecule has 0 bridgehead atoms. The summed E-state index contributed by atoms with van der Waals surface area (Å²) in [5.41, 5.74) is 2.67. The van der Waals surface area contributed by atoms with Crippen LogP contribution in [0.1, 0.15) is 27.4 Å². The molecule has 1 aromatic carbocycles. The van der Waals surface area contributed by atoms with Crippen LogP contribution in [0.2, 0.25) is 5.02 Å². The first-order valence-electron chi connectivity index (χ1n) is 9.58. The van der Waals surface area contributed by atoms with Crippen molar-refractivity contribution >= 4 is 47.4 Å². The normalized spacial score (nSPS) is 11.0. The summed E-state index contributed by atoms with van der Waals surface area (Å²) in [6, 6.07) is 13.1. The van der Waals surface area contributed by atoms with Crippen molar-refractivity contribution in [3.63, 3.8) is 0 Å². The SMILES string of the molecule is CN=C(NCc1cccc(C(=O)NCc2ccco2)c1)N(C)Cc1cc(Cl)cn1C.I. The van der Waals surface area contributed by atoms with Crippen molar-refractivity contribution in [3.05, 3.63) is 82.5 Å². The van der Waals surface area contributed by atoms with Crippen LogP contribution in [0.25, 0.3) is 0 Å². The van der Waals surface area contributed by atoms with Crippen molar-refractivity contribution in [2.24, 2.45) is 12.0 Å². The fourth-order valence-corrected chi connectivity index (χ4v) is 3.38. The Kier molecular flexibility index (Phi) is 9.44. The number of halogens is 2. The highest BCUT2D eigenvalue weighted by Crippen LogP contribution is 2.14. The van der Waals surface area contributed by atoms with E-state index in [-0.39, 0.29) is 29.9 Å². The van der Waals surface area contributed by atoms with Crippen LogP contribution in [0.5, 0.6) is 0 Å². The van der Waals surface area contributed by atoms with E-state index in [1.54, 1.807) is 25.4 Å². The number of aromatic nitrogens is 1. The van der Waals surface area contributed by atoms with Crippen molar-refractivity contribution in [3.8, 4) is 0 Å². The zero-order valence-corrected chi connectivity index (χ0v) is 20.8. The Morgan fingerprint density at radius 3 is 2.65 bits per heavy atom. The quantitative estimate of drug-likeness (QED) is 0.262. The van der Waals surface area contributed by atoms with E-state index in [2.05, 4.69) is 15.6 Å². The predicted molar refractivity (Wildman–Crippen MR) is 134 cm³/mol. The summed E-state index contributed by atoms with van der Waals surface area (Å²) in [6.07, 6.45) is 3.47. The fraction of sp³-hybridized carbons (Fsp3) is 0.273. The van der Waals surface area contributed by atoms with Gasteiger partial charge in [0.05, 0.1) is 24.4 Å². The maximum Gasteiger partial charge on any atom is 0.251 e. The van der Waals surface area contributed by atoms with Crippen LogP contribution < -0.4 is 10.6 Å². The van der Waals surface area contributed by atoms with E-state index in [1.165, 1.54) is 0 Å². The maximum atomic E-state index is 12.4. The molecule has 2 N–H and O–H groups in total. The number of furan rings is 1. The average molecular weight is 556 g/mol. The Bertz CT molecular complexity index is 1020. The highest BCUT2D eigenvalue weighted by molar-refractivity contribution is 14.0. The first-order valence-corrected chi connectivity index (χ1v) is 9.96. The minimum absolute atomic E-state index is 0. The molecule has 0 saturated heterocycles. The summed E-state index contributed by atoms with van der Waals surface area (Å²) in [6.45, 7) is 1.57. The monoisotopic (exact) mass is 555 g/mol. The largest absolute Gasteiger partial charge is 0.467 e. The number of aryl methyl sites for hydroxylation is 1. The molecule has 0 aliphatic rings. The van der Waals surface area contributed by atoms with Gasteiger partial charge in [0.15, 0.2) is 5.96 Å². The van der Waals surface area contributed by atoms with Crippen LogP contribution in [0.3, 0.4) is 0 Å². The van der Waals surface area contributed by atoms with E-state index in [4.69, 9.17) is 16.0 Å². The molecule has 0 saturated carbocycles. The number of rotatable bonds is 7. The second-order valence-electron chi connectivity index (χ2n) is 6.98. The summed E-state index contributed by atoms with van der Waals surface area (Å²) >= 11 is 6.07. The van der Waals surface area contributed by atoms with Crippen LogP contribution in [-0.4, -0.2) is 35.4 Å².